The van der Waals surface area contributed by atoms with Crippen molar-refractivity contribution in [3.63, 3.8) is 0 Å². The first kappa shape index (κ1) is 15.5. The molecule has 0 saturated heterocycles. The first-order valence-corrected chi connectivity index (χ1v) is 8.69. The van der Waals surface area contributed by atoms with Crippen LogP contribution in [0.2, 0.25) is 0 Å². The number of hydrogen-bond acceptors (Lipinski definition) is 5. The van der Waals surface area contributed by atoms with Gasteiger partial charge in [-0.15, -0.1) is 0 Å². The summed E-state index contributed by atoms with van der Waals surface area (Å²) in [5.41, 5.74) is 0.774. The number of Topliss-reactive ketones (excluding diaryl/α,β-unsaturated/α-hetero) is 1. The number of hydrogen-bond donors (Lipinski definition) is 0. The van der Waals surface area contributed by atoms with Crippen LogP contribution in [0, 0.1) is 11.3 Å². The second-order valence-electron chi connectivity index (χ2n) is 6.06. The van der Waals surface area contributed by atoms with Crippen LogP contribution in [0.3, 0.4) is 0 Å². The Morgan fingerprint density at radius 3 is 2.65 bits per heavy atom. The van der Waals surface area contributed by atoms with Gasteiger partial charge in [0.1, 0.15) is 5.78 Å². The zero-order valence-electron chi connectivity index (χ0n) is 12.2. The van der Waals surface area contributed by atoms with Gasteiger partial charge in [-0.3, -0.25) is 8.98 Å². The first-order valence-electron chi connectivity index (χ1n) is 6.88. The molecule has 0 spiro atoms. The van der Waals surface area contributed by atoms with Crippen molar-refractivity contribution in [2.75, 3.05) is 13.4 Å². The summed E-state index contributed by atoms with van der Waals surface area (Å²) in [7, 11) is -1.90. The predicted octanol–water partition coefficient (Wildman–Crippen LogP) is 2.03. The molecule has 0 heterocycles. The largest absolute Gasteiger partial charge is 0.504 e. The van der Waals surface area contributed by atoms with Crippen LogP contribution in [-0.2, 0) is 23.8 Å². The van der Waals surface area contributed by atoms with Crippen molar-refractivity contribution in [2.45, 2.75) is 45.1 Å². The van der Waals surface area contributed by atoms with Gasteiger partial charge in [0.05, 0.1) is 25.7 Å². The Labute approximate surface area is 120 Å². The third kappa shape index (κ3) is 3.06. The van der Waals surface area contributed by atoms with E-state index in [-0.39, 0.29) is 23.2 Å². The van der Waals surface area contributed by atoms with Crippen LogP contribution in [0.15, 0.2) is 11.8 Å². The van der Waals surface area contributed by atoms with E-state index in [1.54, 1.807) is 13.4 Å². The minimum atomic E-state index is -3.49. The van der Waals surface area contributed by atoms with Gasteiger partial charge in [0.2, 0.25) is 0 Å². The zero-order chi connectivity index (χ0) is 15.0. The molecule has 6 heteroatoms. The van der Waals surface area contributed by atoms with Crippen molar-refractivity contribution in [3.8, 4) is 0 Å². The van der Waals surface area contributed by atoms with Gasteiger partial charge in [-0.25, -0.2) is 0 Å². The van der Waals surface area contributed by atoms with Crippen molar-refractivity contribution >= 4 is 15.9 Å². The Balaban J connectivity index is 2.32. The highest BCUT2D eigenvalue weighted by Crippen LogP contribution is 2.52. The van der Waals surface area contributed by atoms with Crippen LogP contribution < -0.4 is 0 Å². The zero-order valence-corrected chi connectivity index (χ0v) is 13.0. The average molecular weight is 302 g/mol. The van der Waals surface area contributed by atoms with Crippen molar-refractivity contribution in [3.05, 3.63) is 11.8 Å². The highest BCUT2D eigenvalue weighted by atomic mass is 32.2. The minimum Gasteiger partial charge on any atom is -0.504 e. The molecular weight excluding hydrogens is 280 g/mol. The topological polar surface area (TPSA) is 69.7 Å². The average Bonchev–Trinajstić information content (AvgIpc) is 2.33. The fourth-order valence-electron chi connectivity index (χ4n) is 3.55. The quantitative estimate of drug-likeness (QED) is 0.589. The van der Waals surface area contributed by atoms with Gasteiger partial charge in [-0.2, -0.15) is 8.42 Å². The van der Waals surface area contributed by atoms with Gasteiger partial charge in [-0.05, 0) is 30.8 Å². The molecule has 0 bridgehead atoms. The summed E-state index contributed by atoms with van der Waals surface area (Å²) in [6.07, 6.45) is 5.40. The number of rotatable bonds is 3. The molecule has 2 fully saturated rings. The molecule has 0 aliphatic heterocycles. The second kappa shape index (κ2) is 5.48. The Hall–Kier alpha value is -0.880. The standard InChI is InChI=1S/C14H22O5S/c1-14-7-6-11(15)8-12(14)10(9-18-2)4-5-13(14)19-20(3,16)17/h9,12-13H,4-8H2,1-3H3/b10-9+/t12-,13+,14+/m0/s1. The fraction of sp³-hybridized carbons (Fsp3) is 0.786. The number of ether oxygens (including phenoxy) is 1. The van der Waals surface area contributed by atoms with Crippen LogP contribution in [0.1, 0.15) is 39.0 Å². The molecular formula is C14H22O5S. The summed E-state index contributed by atoms with van der Waals surface area (Å²) in [4.78, 5) is 11.8. The lowest BCUT2D eigenvalue weighted by Gasteiger charge is -2.49. The molecule has 3 atom stereocenters. The maximum Gasteiger partial charge on any atom is 0.264 e. The van der Waals surface area contributed by atoms with Crippen LogP contribution in [0.25, 0.3) is 0 Å². The van der Waals surface area contributed by atoms with Gasteiger partial charge in [0, 0.05) is 18.3 Å². The molecule has 2 rings (SSSR count). The molecule has 0 amide bonds. The van der Waals surface area contributed by atoms with Crippen molar-refractivity contribution in [2.24, 2.45) is 11.3 Å². The lowest BCUT2D eigenvalue weighted by Crippen LogP contribution is -2.49. The van der Waals surface area contributed by atoms with Crippen molar-refractivity contribution in [1.29, 1.82) is 0 Å². The van der Waals surface area contributed by atoms with E-state index in [9.17, 15) is 13.2 Å². The molecule has 0 aromatic heterocycles. The van der Waals surface area contributed by atoms with Crippen LogP contribution in [0.4, 0.5) is 0 Å². The molecule has 2 aliphatic rings. The summed E-state index contributed by atoms with van der Waals surface area (Å²) in [5.74, 6) is 0.249. The van der Waals surface area contributed by atoms with Crippen molar-refractivity contribution in [1.82, 2.24) is 0 Å². The number of carbonyl (C=O) groups excluding carboxylic acids is 1. The number of fused-ring (bicyclic) bond motifs is 1. The Bertz CT molecular complexity index is 522. The second-order valence-corrected chi connectivity index (χ2v) is 7.66. The molecule has 0 N–H and O–H groups in total. The minimum absolute atomic E-state index is 0.0178. The predicted molar refractivity (Wildman–Crippen MR) is 74.5 cm³/mol. The molecule has 0 unspecified atom stereocenters. The summed E-state index contributed by atoms with van der Waals surface area (Å²) in [5, 5.41) is 0. The summed E-state index contributed by atoms with van der Waals surface area (Å²) in [6, 6.07) is 0. The van der Waals surface area contributed by atoms with E-state index in [0.29, 0.717) is 32.1 Å². The van der Waals surface area contributed by atoms with E-state index in [4.69, 9.17) is 8.92 Å². The molecule has 0 radical (unpaired) electrons. The van der Waals surface area contributed by atoms with E-state index in [1.165, 1.54) is 0 Å². The van der Waals surface area contributed by atoms with E-state index < -0.39 is 10.1 Å². The third-order valence-corrected chi connectivity index (χ3v) is 5.19. The molecule has 114 valence electrons. The maximum atomic E-state index is 11.8. The summed E-state index contributed by atoms with van der Waals surface area (Å²) < 4.78 is 33.3. The van der Waals surface area contributed by atoms with Crippen LogP contribution >= 0.6 is 0 Å². The van der Waals surface area contributed by atoms with Gasteiger partial charge in [-0.1, -0.05) is 6.92 Å². The number of allylic oxidation sites excluding steroid dienone is 1. The first-order chi connectivity index (χ1) is 9.26. The lowest BCUT2D eigenvalue weighted by atomic mass is 9.57. The lowest BCUT2D eigenvalue weighted by molar-refractivity contribution is -0.127. The summed E-state index contributed by atoms with van der Waals surface area (Å²) in [6.45, 7) is 2.03. The third-order valence-electron chi connectivity index (χ3n) is 4.61. The monoisotopic (exact) mass is 302 g/mol. The van der Waals surface area contributed by atoms with Crippen LogP contribution in [0.5, 0.6) is 0 Å². The van der Waals surface area contributed by atoms with E-state index >= 15 is 0 Å². The molecule has 2 aliphatic carbocycles. The summed E-state index contributed by atoms with van der Waals surface area (Å²) >= 11 is 0. The van der Waals surface area contributed by atoms with E-state index in [2.05, 4.69) is 0 Å². The SMILES string of the molecule is CO/C=C1\CC[C@@H](OS(C)(=O)=O)[C@]2(C)CCC(=O)C[C@@H]12. The number of methoxy groups -OCH3 is 1. The van der Waals surface area contributed by atoms with Crippen molar-refractivity contribution < 1.29 is 22.1 Å². The molecule has 20 heavy (non-hydrogen) atoms. The Morgan fingerprint density at radius 2 is 2.05 bits per heavy atom. The Kier molecular flexibility index (Phi) is 4.25. The van der Waals surface area contributed by atoms with Gasteiger partial charge in [0.25, 0.3) is 10.1 Å². The molecule has 0 aromatic rings. The highest BCUT2D eigenvalue weighted by molar-refractivity contribution is 7.86. The van der Waals surface area contributed by atoms with Gasteiger partial charge < -0.3 is 4.74 Å². The normalized spacial score (nSPS) is 36.8. The smallest absolute Gasteiger partial charge is 0.264 e. The van der Waals surface area contributed by atoms with E-state index in [0.717, 1.165) is 11.8 Å². The fourth-order valence-corrected chi connectivity index (χ4v) is 4.29. The van der Waals surface area contributed by atoms with Gasteiger partial charge in [0.15, 0.2) is 0 Å². The molecule has 2 saturated carbocycles. The number of carbonyl (C=O) groups is 1. The molecule has 0 aromatic carbocycles. The van der Waals surface area contributed by atoms with Gasteiger partial charge >= 0.3 is 0 Å². The maximum absolute atomic E-state index is 11.8. The number of ketones is 1. The van der Waals surface area contributed by atoms with Crippen LogP contribution in [-0.4, -0.2) is 33.7 Å². The van der Waals surface area contributed by atoms with E-state index in [1.807, 2.05) is 6.92 Å². The Morgan fingerprint density at radius 1 is 1.35 bits per heavy atom. The highest BCUT2D eigenvalue weighted by Gasteiger charge is 2.50. The molecule has 5 nitrogen and oxygen atoms in total.